The van der Waals surface area contributed by atoms with Crippen LogP contribution in [0.5, 0.6) is 5.88 Å². The number of hydrogen-bond donors (Lipinski definition) is 0. The van der Waals surface area contributed by atoms with E-state index in [1.165, 1.54) is 0 Å². The number of pyridine rings is 1. The Morgan fingerprint density at radius 3 is 2.45 bits per heavy atom. The molecule has 10 heteroatoms. The second-order valence-electron chi connectivity index (χ2n) is 14.6. The van der Waals surface area contributed by atoms with Crippen molar-refractivity contribution in [2.24, 2.45) is 0 Å². The summed E-state index contributed by atoms with van der Waals surface area (Å²) in [5.41, 5.74) is 3.13. The van der Waals surface area contributed by atoms with Gasteiger partial charge < -0.3 is 24.2 Å². The van der Waals surface area contributed by atoms with Gasteiger partial charge in [-0.3, -0.25) is 4.90 Å². The quantitative estimate of drug-likeness (QED) is 0.297. The maximum absolute atomic E-state index is 13.4. The molecule has 1 aromatic heterocycles. The lowest BCUT2D eigenvalue weighted by Crippen LogP contribution is -2.63. The molecule has 0 saturated carbocycles. The van der Waals surface area contributed by atoms with E-state index in [9.17, 15) is 10.1 Å². The first kappa shape index (κ1) is 31.8. The molecule has 9 nitrogen and oxygen atoms in total. The molecule has 3 aromatic rings. The van der Waals surface area contributed by atoms with E-state index >= 15 is 0 Å². The zero-order chi connectivity index (χ0) is 32.9. The Labute approximate surface area is 283 Å². The highest BCUT2D eigenvalue weighted by Crippen LogP contribution is 2.41. The van der Waals surface area contributed by atoms with E-state index in [0.717, 1.165) is 90.0 Å². The monoisotopic (exact) mass is 656 g/mol. The zero-order valence-electron chi connectivity index (χ0n) is 28.0. The van der Waals surface area contributed by atoms with Gasteiger partial charge in [-0.15, -0.1) is 0 Å². The number of anilines is 2. The van der Waals surface area contributed by atoms with Crippen molar-refractivity contribution in [3.05, 3.63) is 58.1 Å². The lowest BCUT2D eigenvalue weighted by atomic mass is 9.90. The van der Waals surface area contributed by atoms with Gasteiger partial charge in [0.2, 0.25) is 5.88 Å². The smallest absolute Gasteiger partial charge is 0.410 e. The summed E-state index contributed by atoms with van der Waals surface area (Å²) in [7, 11) is 2.13. The topological polar surface area (TPSA) is 85.2 Å². The van der Waals surface area contributed by atoms with Crippen LogP contribution in [0.3, 0.4) is 0 Å². The molecule has 3 atom stereocenters. The summed E-state index contributed by atoms with van der Waals surface area (Å²) in [4.78, 5) is 27.5. The van der Waals surface area contributed by atoms with Gasteiger partial charge in [-0.1, -0.05) is 35.9 Å². The van der Waals surface area contributed by atoms with Crippen molar-refractivity contribution in [1.29, 1.82) is 5.26 Å². The average molecular weight is 657 g/mol. The number of nitriles is 1. The highest BCUT2D eigenvalue weighted by molar-refractivity contribution is 6.36. The first-order chi connectivity index (χ1) is 22.6. The fourth-order valence-corrected chi connectivity index (χ4v) is 8.35. The molecule has 0 spiro atoms. The van der Waals surface area contributed by atoms with E-state index in [-0.39, 0.29) is 18.2 Å². The number of carbonyl (C=O) groups excluding carboxylic acids is 1. The van der Waals surface area contributed by atoms with Crippen LogP contribution in [0, 0.1) is 11.3 Å². The molecular formula is C37H45ClN6O3. The molecule has 4 aliphatic heterocycles. The van der Waals surface area contributed by atoms with E-state index in [1.54, 1.807) is 0 Å². The summed E-state index contributed by atoms with van der Waals surface area (Å²) in [6.07, 6.45) is 5.67. The van der Waals surface area contributed by atoms with Crippen molar-refractivity contribution in [2.45, 2.75) is 89.6 Å². The SMILES string of the molecule is CN1CCC[C@H]1COc1nc(N2C[C@H]3CCC[C@@H](C2)N3C(=O)OC(C)(C)C)c2c(c1C#N)CN(c1cccc3cccc(Cl)c13)CC2. The molecule has 3 fully saturated rings. The van der Waals surface area contributed by atoms with Gasteiger partial charge in [0, 0.05) is 54.4 Å². The molecular weight excluding hydrogens is 612 g/mol. The summed E-state index contributed by atoms with van der Waals surface area (Å²) in [6.45, 7) is 9.99. The van der Waals surface area contributed by atoms with Crippen LogP contribution in [0.15, 0.2) is 36.4 Å². The first-order valence-electron chi connectivity index (χ1n) is 17.1. The molecule has 47 heavy (non-hydrogen) atoms. The molecule has 0 radical (unpaired) electrons. The molecule has 2 bridgehead atoms. The molecule has 248 valence electrons. The highest BCUT2D eigenvalue weighted by atomic mass is 35.5. The molecule has 0 unspecified atom stereocenters. The van der Waals surface area contributed by atoms with Crippen molar-refractivity contribution in [3.8, 4) is 11.9 Å². The highest BCUT2D eigenvalue weighted by Gasteiger charge is 2.43. The molecule has 0 N–H and O–H groups in total. The summed E-state index contributed by atoms with van der Waals surface area (Å²) < 4.78 is 12.3. The van der Waals surface area contributed by atoms with Crippen LogP contribution in [0.1, 0.15) is 69.6 Å². The lowest BCUT2D eigenvalue weighted by Gasteiger charge is -2.50. The number of aromatic nitrogens is 1. The van der Waals surface area contributed by atoms with Crippen LogP contribution in [0.4, 0.5) is 16.3 Å². The van der Waals surface area contributed by atoms with Crippen molar-refractivity contribution in [2.75, 3.05) is 49.6 Å². The van der Waals surface area contributed by atoms with Gasteiger partial charge >= 0.3 is 6.09 Å². The van der Waals surface area contributed by atoms with Gasteiger partial charge in [0.25, 0.3) is 0 Å². The number of benzene rings is 2. The molecule has 7 rings (SSSR count). The fraction of sp³-hybridized carbons (Fsp3) is 0.541. The van der Waals surface area contributed by atoms with Gasteiger partial charge in [-0.2, -0.15) is 10.2 Å². The second kappa shape index (κ2) is 12.7. The fourth-order valence-electron chi connectivity index (χ4n) is 8.07. The number of ether oxygens (including phenoxy) is 2. The zero-order valence-corrected chi connectivity index (χ0v) is 28.7. The standard InChI is InChI=1S/C37H45ClN6O3/c1-37(2,3)47-36(45)44-25-11-7-12-26(44)21-43(20-25)34-28-16-18-42(32-15-6-10-24-9-5-14-31(38)33(24)32)22-30(28)29(19-39)35(40-34)46-23-27-13-8-17-41(27)4/h5-6,9-10,14-15,25-27H,7-8,11-13,16-18,20-23H2,1-4H3/t25-,26+,27-/m0/s1. The summed E-state index contributed by atoms with van der Waals surface area (Å²) >= 11 is 6.77. The number of halogens is 1. The molecule has 3 saturated heterocycles. The maximum Gasteiger partial charge on any atom is 0.410 e. The molecule has 1 amide bonds. The third kappa shape index (κ3) is 6.18. The van der Waals surface area contributed by atoms with Crippen LogP contribution < -0.4 is 14.5 Å². The molecule has 0 aliphatic carbocycles. The van der Waals surface area contributed by atoms with Crippen LogP contribution in [-0.2, 0) is 17.7 Å². The van der Waals surface area contributed by atoms with E-state index in [4.69, 9.17) is 26.1 Å². The first-order valence-corrected chi connectivity index (χ1v) is 17.5. The number of likely N-dealkylation sites (tertiary alicyclic amines) is 1. The Morgan fingerprint density at radius 2 is 1.77 bits per heavy atom. The minimum absolute atomic E-state index is 0.0415. The summed E-state index contributed by atoms with van der Waals surface area (Å²) in [5.74, 6) is 1.31. The van der Waals surface area contributed by atoms with Gasteiger partial charge in [-0.25, -0.2) is 4.79 Å². The van der Waals surface area contributed by atoms with Crippen LogP contribution in [0.2, 0.25) is 5.02 Å². The number of hydrogen-bond acceptors (Lipinski definition) is 8. The number of amides is 1. The number of piperidine rings is 1. The van der Waals surface area contributed by atoms with Gasteiger partial charge in [0.05, 0.1) is 17.1 Å². The molecule has 2 aromatic carbocycles. The molecule has 4 aliphatic rings. The number of piperazine rings is 1. The Morgan fingerprint density at radius 1 is 1.02 bits per heavy atom. The number of likely N-dealkylation sites (N-methyl/N-ethyl adjacent to an activating group) is 1. The lowest BCUT2D eigenvalue weighted by molar-refractivity contribution is -0.00980. The predicted octanol–water partition coefficient (Wildman–Crippen LogP) is 6.77. The van der Waals surface area contributed by atoms with E-state index in [1.807, 2.05) is 37.8 Å². The number of nitrogens with zero attached hydrogens (tertiary/aromatic N) is 6. The Balaban J connectivity index is 1.26. The van der Waals surface area contributed by atoms with Crippen molar-refractivity contribution >= 4 is 40.0 Å². The van der Waals surface area contributed by atoms with E-state index in [0.29, 0.717) is 43.7 Å². The van der Waals surface area contributed by atoms with Crippen molar-refractivity contribution in [1.82, 2.24) is 14.8 Å². The largest absolute Gasteiger partial charge is 0.475 e. The van der Waals surface area contributed by atoms with Crippen LogP contribution in [-0.4, -0.2) is 84.4 Å². The normalized spacial score (nSPS) is 23.1. The summed E-state index contributed by atoms with van der Waals surface area (Å²) in [5, 5.41) is 13.5. The van der Waals surface area contributed by atoms with E-state index in [2.05, 4.69) is 52.1 Å². The van der Waals surface area contributed by atoms with Crippen LogP contribution >= 0.6 is 11.6 Å². The number of fused-ring (bicyclic) bond motifs is 4. The van der Waals surface area contributed by atoms with Gasteiger partial charge in [0.15, 0.2) is 0 Å². The van der Waals surface area contributed by atoms with Crippen molar-refractivity contribution < 1.29 is 14.3 Å². The number of carbonyl (C=O) groups is 1. The third-order valence-corrected chi connectivity index (χ3v) is 10.6. The van der Waals surface area contributed by atoms with Gasteiger partial charge in [0.1, 0.15) is 29.7 Å². The Hall–Kier alpha value is -3.74. The third-order valence-electron chi connectivity index (χ3n) is 10.3. The average Bonchev–Trinajstić information content (AvgIpc) is 3.45. The summed E-state index contributed by atoms with van der Waals surface area (Å²) in [6, 6.07) is 15.2. The molecule has 5 heterocycles. The maximum atomic E-state index is 13.4. The van der Waals surface area contributed by atoms with Crippen molar-refractivity contribution in [3.63, 3.8) is 0 Å². The minimum Gasteiger partial charge on any atom is -0.475 e. The Bertz CT molecular complexity index is 1700. The number of rotatable bonds is 5. The predicted molar refractivity (Wildman–Crippen MR) is 186 cm³/mol. The van der Waals surface area contributed by atoms with Crippen LogP contribution in [0.25, 0.3) is 10.8 Å². The van der Waals surface area contributed by atoms with Gasteiger partial charge in [-0.05, 0) is 90.4 Å². The second-order valence-corrected chi connectivity index (χ2v) is 15.0. The minimum atomic E-state index is -0.546. The Kier molecular flexibility index (Phi) is 8.60. The van der Waals surface area contributed by atoms with E-state index < -0.39 is 5.60 Å².